The lowest BCUT2D eigenvalue weighted by Crippen LogP contribution is -2.48. The van der Waals surface area contributed by atoms with Gasteiger partial charge in [-0.3, -0.25) is 9.69 Å². The van der Waals surface area contributed by atoms with Crippen molar-refractivity contribution in [1.29, 1.82) is 0 Å². The van der Waals surface area contributed by atoms with Crippen molar-refractivity contribution in [2.45, 2.75) is 25.3 Å². The molecular formula is C23H29N5O3S. The van der Waals surface area contributed by atoms with Gasteiger partial charge in [0.25, 0.3) is 5.91 Å². The number of benzene rings is 1. The number of hydrogen-bond acceptors (Lipinski definition) is 5. The Hall–Kier alpha value is -2.75. The zero-order valence-corrected chi connectivity index (χ0v) is 19.3. The minimum absolute atomic E-state index is 0.0656. The maximum absolute atomic E-state index is 12.9. The molecule has 3 aromatic rings. The Labute approximate surface area is 189 Å². The van der Waals surface area contributed by atoms with E-state index in [1.165, 1.54) is 16.4 Å². The van der Waals surface area contributed by atoms with Crippen LogP contribution in [-0.2, 0) is 16.6 Å². The summed E-state index contributed by atoms with van der Waals surface area (Å²) < 4.78 is 28.6. The maximum atomic E-state index is 12.9. The number of hydrogen-bond donors (Lipinski definition) is 0. The van der Waals surface area contributed by atoms with E-state index in [0.29, 0.717) is 31.7 Å². The minimum atomic E-state index is -3.52. The van der Waals surface area contributed by atoms with Crippen LogP contribution >= 0.6 is 0 Å². The molecule has 1 aromatic carbocycles. The Morgan fingerprint density at radius 1 is 1.00 bits per heavy atom. The molecule has 1 saturated heterocycles. The molecule has 2 aromatic heterocycles. The lowest BCUT2D eigenvalue weighted by atomic mass is 10.2. The third-order valence-corrected chi connectivity index (χ3v) is 7.97. The second-order valence-corrected chi connectivity index (χ2v) is 9.83. The first kappa shape index (κ1) is 22.4. The molecule has 0 N–H and O–H groups in total. The van der Waals surface area contributed by atoms with E-state index >= 15 is 0 Å². The van der Waals surface area contributed by atoms with Crippen molar-refractivity contribution in [3.63, 3.8) is 0 Å². The molecule has 8 nitrogen and oxygen atoms in total. The van der Waals surface area contributed by atoms with Gasteiger partial charge >= 0.3 is 0 Å². The minimum Gasteiger partial charge on any atom is -0.336 e. The van der Waals surface area contributed by atoms with E-state index in [0.717, 1.165) is 30.8 Å². The highest BCUT2D eigenvalue weighted by Crippen LogP contribution is 2.18. The standard InChI is InChI=1S/C23H29N5O3S/c1-3-27(4-2)32(30,31)22-10-8-19(9-11-22)23(29)26-15-13-25(14-16-26)18-20-17-21-7-5-6-12-28(21)24-20/h5-12,17H,3-4,13-16,18H2,1-2H3. The van der Waals surface area contributed by atoms with Crippen molar-refractivity contribution in [1.82, 2.24) is 23.7 Å². The van der Waals surface area contributed by atoms with Crippen LogP contribution in [0.2, 0.25) is 0 Å². The number of carbonyl (C=O) groups is 1. The van der Waals surface area contributed by atoms with E-state index in [2.05, 4.69) is 16.1 Å². The number of amides is 1. The lowest BCUT2D eigenvalue weighted by molar-refractivity contribution is 0.0627. The van der Waals surface area contributed by atoms with Gasteiger partial charge in [0.1, 0.15) is 0 Å². The largest absolute Gasteiger partial charge is 0.336 e. The second-order valence-electron chi connectivity index (χ2n) is 7.89. The molecule has 0 unspecified atom stereocenters. The fraction of sp³-hybridized carbons (Fsp3) is 0.391. The normalized spacial score (nSPS) is 15.5. The molecule has 0 aliphatic carbocycles. The summed E-state index contributed by atoms with van der Waals surface area (Å²) in [6.07, 6.45) is 1.94. The molecule has 32 heavy (non-hydrogen) atoms. The van der Waals surface area contributed by atoms with Gasteiger partial charge in [0.05, 0.1) is 16.1 Å². The van der Waals surface area contributed by atoms with E-state index in [4.69, 9.17) is 0 Å². The van der Waals surface area contributed by atoms with Crippen molar-refractivity contribution < 1.29 is 13.2 Å². The zero-order valence-electron chi connectivity index (χ0n) is 18.5. The summed E-state index contributed by atoms with van der Waals surface area (Å²) in [4.78, 5) is 17.3. The van der Waals surface area contributed by atoms with Crippen LogP contribution in [0.3, 0.4) is 0 Å². The van der Waals surface area contributed by atoms with E-state index in [1.54, 1.807) is 12.1 Å². The smallest absolute Gasteiger partial charge is 0.253 e. The van der Waals surface area contributed by atoms with Crippen LogP contribution < -0.4 is 0 Å². The summed E-state index contributed by atoms with van der Waals surface area (Å²) in [5, 5.41) is 4.60. The third kappa shape index (κ3) is 4.55. The summed E-state index contributed by atoms with van der Waals surface area (Å²) in [5.41, 5.74) is 2.60. The first-order valence-corrected chi connectivity index (χ1v) is 12.4. The molecule has 0 atom stereocenters. The molecule has 0 saturated carbocycles. The van der Waals surface area contributed by atoms with Gasteiger partial charge in [0.15, 0.2) is 0 Å². The van der Waals surface area contributed by atoms with Gasteiger partial charge in [0.2, 0.25) is 10.0 Å². The predicted molar refractivity (Wildman–Crippen MR) is 123 cm³/mol. The first-order chi connectivity index (χ1) is 15.4. The van der Waals surface area contributed by atoms with Gasteiger partial charge in [-0.15, -0.1) is 0 Å². The molecule has 170 valence electrons. The summed E-state index contributed by atoms with van der Waals surface area (Å²) in [6.45, 7) is 8.01. The van der Waals surface area contributed by atoms with Crippen molar-refractivity contribution >= 4 is 21.4 Å². The number of fused-ring (bicyclic) bond motifs is 1. The molecule has 0 bridgehead atoms. The Morgan fingerprint density at radius 2 is 1.69 bits per heavy atom. The third-order valence-electron chi connectivity index (χ3n) is 5.91. The molecule has 0 radical (unpaired) electrons. The monoisotopic (exact) mass is 455 g/mol. The second kappa shape index (κ2) is 9.40. The van der Waals surface area contributed by atoms with Crippen LogP contribution in [-0.4, -0.2) is 77.3 Å². The Bertz CT molecular complexity index is 1140. The number of carbonyl (C=O) groups excluding carboxylic acids is 1. The van der Waals surface area contributed by atoms with Crippen LogP contribution in [0.5, 0.6) is 0 Å². The van der Waals surface area contributed by atoms with Crippen LogP contribution in [0.1, 0.15) is 29.9 Å². The topological polar surface area (TPSA) is 78.2 Å². The Morgan fingerprint density at radius 3 is 2.31 bits per heavy atom. The molecule has 1 fully saturated rings. The average molecular weight is 456 g/mol. The van der Waals surface area contributed by atoms with Crippen LogP contribution in [0.4, 0.5) is 0 Å². The van der Waals surface area contributed by atoms with E-state index < -0.39 is 10.0 Å². The lowest BCUT2D eigenvalue weighted by Gasteiger charge is -2.34. The van der Waals surface area contributed by atoms with Crippen molar-refractivity contribution in [2.24, 2.45) is 0 Å². The predicted octanol–water partition coefficient (Wildman–Crippen LogP) is 2.32. The number of rotatable bonds is 7. The molecule has 1 aliphatic heterocycles. The number of pyridine rings is 1. The van der Waals surface area contributed by atoms with Gasteiger partial charge in [-0.2, -0.15) is 9.40 Å². The first-order valence-electron chi connectivity index (χ1n) is 11.0. The molecule has 3 heterocycles. The van der Waals surface area contributed by atoms with Crippen molar-refractivity contribution in [3.8, 4) is 0 Å². The highest BCUT2D eigenvalue weighted by Gasteiger charge is 2.25. The van der Waals surface area contributed by atoms with Gasteiger partial charge in [-0.1, -0.05) is 19.9 Å². The summed E-state index contributed by atoms with van der Waals surface area (Å²) in [5.74, 6) is -0.0656. The van der Waals surface area contributed by atoms with Crippen molar-refractivity contribution in [3.05, 3.63) is 66.0 Å². The SMILES string of the molecule is CCN(CC)S(=O)(=O)c1ccc(C(=O)N2CCN(Cc3cc4ccccn4n3)CC2)cc1. The Kier molecular flexibility index (Phi) is 6.59. The van der Waals surface area contributed by atoms with Crippen LogP contribution in [0.25, 0.3) is 5.52 Å². The number of aromatic nitrogens is 2. The highest BCUT2D eigenvalue weighted by molar-refractivity contribution is 7.89. The quantitative estimate of drug-likeness (QED) is 0.546. The van der Waals surface area contributed by atoms with Crippen LogP contribution in [0, 0.1) is 0 Å². The number of sulfonamides is 1. The van der Waals surface area contributed by atoms with E-state index in [1.807, 2.05) is 47.7 Å². The number of piperazine rings is 1. The summed E-state index contributed by atoms with van der Waals surface area (Å²) in [7, 11) is -3.52. The zero-order chi connectivity index (χ0) is 22.7. The summed E-state index contributed by atoms with van der Waals surface area (Å²) >= 11 is 0. The Balaban J connectivity index is 1.36. The van der Waals surface area contributed by atoms with E-state index in [-0.39, 0.29) is 10.8 Å². The molecule has 1 amide bonds. The molecule has 4 rings (SSSR count). The van der Waals surface area contributed by atoms with Gasteiger partial charge < -0.3 is 4.90 Å². The molecule has 0 spiro atoms. The molecule has 1 aliphatic rings. The van der Waals surface area contributed by atoms with E-state index in [9.17, 15) is 13.2 Å². The van der Waals surface area contributed by atoms with Crippen molar-refractivity contribution in [2.75, 3.05) is 39.3 Å². The fourth-order valence-corrected chi connectivity index (χ4v) is 5.53. The van der Waals surface area contributed by atoms with Gasteiger partial charge in [-0.25, -0.2) is 12.9 Å². The van der Waals surface area contributed by atoms with Gasteiger partial charge in [0, 0.05) is 57.6 Å². The average Bonchev–Trinajstić information content (AvgIpc) is 3.22. The number of nitrogens with zero attached hydrogens (tertiary/aromatic N) is 5. The van der Waals surface area contributed by atoms with Crippen LogP contribution in [0.15, 0.2) is 59.6 Å². The van der Waals surface area contributed by atoms with Gasteiger partial charge in [-0.05, 0) is 42.5 Å². The molecule has 9 heteroatoms. The molecular weight excluding hydrogens is 426 g/mol. The highest BCUT2D eigenvalue weighted by atomic mass is 32.2. The maximum Gasteiger partial charge on any atom is 0.253 e. The fourth-order valence-electron chi connectivity index (χ4n) is 4.07. The summed E-state index contributed by atoms with van der Waals surface area (Å²) in [6, 6.07) is 14.4.